The van der Waals surface area contributed by atoms with Gasteiger partial charge in [0.25, 0.3) is 5.91 Å². The predicted molar refractivity (Wildman–Crippen MR) is 75.9 cm³/mol. The molecule has 0 bridgehead atoms. The van der Waals surface area contributed by atoms with Crippen LogP contribution in [0.5, 0.6) is 0 Å². The number of nitrogens with zero attached hydrogens (tertiary/aromatic N) is 1. The van der Waals surface area contributed by atoms with Gasteiger partial charge in [0.1, 0.15) is 5.69 Å². The molecule has 0 unspecified atom stereocenters. The normalized spacial score (nSPS) is 10.5. The molecule has 0 saturated carbocycles. The fourth-order valence-corrected chi connectivity index (χ4v) is 2.37. The molecule has 1 heterocycles. The van der Waals surface area contributed by atoms with Crippen LogP contribution in [0, 0.1) is 10.5 Å². The Kier molecular flexibility index (Phi) is 3.51. The van der Waals surface area contributed by atoms with Crippen molar-refractivity contribution in [3.05, 3.63) is 56.9 Å². The fourth-order valence-electron chi connectivity index (χ4n) is 1.79. The minimum absolute atomic E-state index is 0.382. The third kappa shape index (κ3) is 2.52. The molecule has 0 fully saturated rings. The lowest BCUT2D eigenvalue weighted by Crippen LogP contribution is -2.18. The van der Waals surface area contributed by atoms with E-state index in [4.69, 9.17) is 5.73 Å². The number of nitrogens with two attached hydrogens (primary N) is 1. The summed E-state index contributed by atoms with van der Waals surface area (Å²) in [4.78, 5) is 11.4. The van der Waals surface area contributed by atoms with Gasteiger partial charge in [-0.25, -0.2) is 0 Å². The molecule has 17 heavy (non-hydrogen) atoms. The second-order valence-corrected chi connectivity index (χ2v) is 5.06. The molecule has 0 aliphatic rings. The third-order valence-corrected chi connectivity index (χ3v) is 3.83. The van der Waals surface area contributed by atoms with Crippen LogP contribution >= 0.6 is 22.6 Å². The number of primary amides is 1. The molecule has 0 aliphatic carbocycles. The van der Waals surface area contributed by atoms with E-state index < -0.39 is 0 Å². The van der Waals surface area contributed by atoms with E-state index in [9.17, 15) is 4.79 Å². The molecule has 0 spiro atoms. The van der Waals surface area contributed by atoms with Crippen LogP contribution in [0.4, 0.5) is 0 Å². The molecule has 2 N–H and O–H groups in total. The predicted octanol–water partition coefficient (Wildman–Crippen LogP) is 2.55. The van der Waals surface area contributed by atoms with Gasteiger partial charge in [0.2, 0.25) is 0 Å². The summed E-state index contributed by atoms with van der Waals surface area (Å²) in [6.07, 6.45) is 0. The zero-order valence-electron chi connectivity index (χ0n) is 9.48. The number of carbonyl (C=O) groups excluding carboxylic acids is 1. The second kappa shape index (κ2) is 4.91. The smallest absolute Gasteiger partial charge is 0.265 e. The van der Waals surface area contributed by atoms with E-state index >= 15 is 0 Å². The quantitative estimate of drug-likeness (QED) is 0.858. The number of carbonyl (C=O) groups is 1. The molecule has 1 aromatic carbocycles. The Morgan fingerprint density at radius 3 is 2.59 bits per heavy atom. The lowest BCUT2D eigenvalue weighted by Gasteiger charge is -2.09. The van der Waals surface area contributed by atoms with E-state index in [1.54, 1.807) is 0 Å². The summed E-state index contributed by atoms with van der Waals surface area (Å²) < 4.78 is 3.02. The molecular weight excluding hydrogens is 327 g/mol. The molecule has 0 saturated heterocycles. The fraction of sp³-hybridized carbons (Fsp3) is 0.154. The maximum Gasteiger partial charge on any atom is 0.265 e. The van der Waals surface area contributed by atoms with E-state index in [-0.39, 0.29) is 5.91 Å². The van der Waals surface area contributed by atoms with Crippen molar-refractivity contribution in [3.63, 3.8) is 0 Å². The van der Waals surface area contributed by atoms with Gasteiger partial charge in [-0.1, -0.05) is 30.3 Å². The monoisotopic (exact) mass is 340 g/mol. The molecule has 4 heteroatoms. The molecule has 0 atom stereocenters. The van der Waals surface area contributed by atoms with Gasteiger partial charge in [-0.3, -0.25) is 4.79 Å². The van der Waals surface area contributed by atoms with Crippen LogP contribution in [0.1, 0.15) is 21.7 Å². The van der Waals surface area contributed by atoms with Gasteiger partial charge in [0.15, 0.2) is 0 Å². The zero-order valence-corrected chi connectivity index (χ0v) is 11.6. The zero-order chi connectivity index (χ0) is 12.4. The first-order valence-corrected chi connectivity index (χ1v) is 6.37. The van der Waals surface area contributed by atoms with Crippen LogP contribution in [-0.4, -0.2) is 10.5 Å². The highest BCUT2D eigenvalue weighted by Crippen LogP contribution is 2.18. The molecule has 1 amide bonds. The highest BCUT2D eigenvalue weighted by atomic mass is 127. The first-order chi connectivity index (χ1) is 8.09. The van der Waals surface area contributed by atoms with Crippen molar-refractivity contribution in [3.8, 4) is 0 Å². The SMILES string of the molecule is Cc1c(I)cc(C(N)=O)n1Cc1ccccc1. The molecule has 0 aliphatic heterocycles. The molecule has 1 aromatic heterocycles. The van der Waals surface area contributed by atoms with Gasteiger partial charge in [0.05, 0.1) is 0 Å². The standard InChI is InChI=1S/C13H13IN2O/c1-9-11(14)7-12(13(15)17)16(9)8-10-5-3-2-4-6-10/h2-7H,8H2,1H3,(H2,15,17). The summed E-state index contributed by atoms with van der Waals surface area (Å²) in [6, 6.07) is 11.9. The summed E-state index contributed by atoms with van der Waals surface area (Å²) >= 11 is 2.22. The van der Waals surface area contributed by atoms with E-state index in [2.05, 4.69) is 22.6 Å². The highest BCUT2D eigenvalue weighted by Gasteiger charge is 2.14. The Balaban J connectivity index is 2.41. The van der Waals surface area contributed by atoms with E-state index in [0.29, 0.717) is 12.2 Å². The van der Waals surface area contributed by atoms with Gasteiger partial charge >= 0.3 is 0 Å². The Hall–Kier alpha value is -1.30. The maximum atomic E-state index is 11.4. The number of aromatic nitrogens is 1. The summed E-state index contributed by atoms with van der Waals surface area (Å²) in [5, 5.41) is 0. The van der Waals surface area contributed by atoms with Crippen LogP contribution < -0.4 is 5.73 Å². The second-order valence-electron chi connectivity index (χ2n) is 3.90. The number of hydrogen-bond acceptors (Lipinski definition) is 1. The average Bonchev–Trinajstić information content (AvgIpc) is 2.59. The lowest BCUT2D eigenvalue weighted by atomic mass is 10.2. The summed E-state index contributed by atoms with van der Waals surface area (Å²) in [5.74, 6) is -0.382. The number of benzene rings is 1. The van der Waals surface area contributed by atoms with Gasteiger partial charge in [-0.15, -0.1) is 0 Å². The van der Waals surface area contributed by atoms with E-state index in [0.717, 1.165) is 14.8 Å². The molecule has 88 valence electrons. The minimum Gasteiger partial charge on any atom is -0.364 e. The first kappa shape index (κ1) is 12.2. The van der Waals surface area contributed by atoms with E-state index in [1.165, 1.54) is 0 Å². The molecule has 3 nitrogen and oxygen atoms in total. The van der Waals surface area contributed by atoms with Crippen molar-refractivity contribution in [2.45, 2.75) is 13.5 Å². The summed E-state index contributed by atoms with van der Waals surface area (Å²) in [5.41, 5.74) is 8.18. The lowest BCUT2D eigenvalue weighted by molar-refractivity contribution is 0.0991. The van der Waals surface area contributed by atoms with Gasteiger partial charge in [0, 0.05) is 15.8 Å². The Bertz CT molecular complexity index is 546. The van der Waals surface area contributed by atoms with E-state index in [1.807, 2.05) is 47.9 Å². The summed E-state index contributed by atoms with van der Waals surface area (Å²) in [7, 11) is 0. The maximum absolute atomic E-state index is 11.4. The number of hydrogen-bond donors (Lipinski definition) is 1. The Morgan fingerprint density at radius 2 is 2.00 bits per heavy atom. The molecule has 2 rings (SSSR count). The largest absolute Gasteiger partial charge is 0.364 e. The minimum atomic E-state index is -0.382. The molecule has 0 radical (unpaired) electrons. The van der Waals surface area contributed by atoms with Crippen molar-refractivity contribution in [1.82, 2.24) is 4.57 Å². The van der Waals surface area contributed by atoms with Crippen LogP contribution in [-0.2, 0) is 6.54 Å². The van der Waals surface area contributed by atoms with Gasteiger partial charge in [-0.2, -0.15) is 0 Å². The van der Waals surface area contributed by atoms with Gasteiger partial charge < -0.3 is 10.3 Å². The van der Waals surface area contributed by atoms with Crippen molar-refractivity contribution in [2.75, 3.05) is 0 Å². The third-order valence-electron chi connectivity index (χ3n) is 2.74. The van der Waals surface area contributed by atoms with Crippen molar-refractivity contribution in [2.24, 2.45) is 5.73 Å². The van der Waals surface area contributed by atoms with Crippen molar-refractivity contribution in [1.29, 1.82) is 0 Å². The summed E-state index contributed by atoms with van der Waals surface area (Å²) in [6.45, 7) is 2.67. The van der Waals surface area contributed by atoms with Crippen molar-refractivity contribution >= 4 is 28.5 Å². The van der Waals surface area contributed by atoms with Gasteiger partial charge in [-0.05, 0) is 41.1 Å². The van der Waals surface area contributed by atoms with Crippen LogP contribution in [0.3, 0.4) is 0 Å². The first-order valence-electron chi connectivity index (χ1n) is 5.29. The van der Waals surface area contributed by atoms with Crippen LogP contribution in [0.15, 0.2) is 36.4 Å². The highest BCUT2D eigenvalue weighted by molar-refractivity contribution is 14.1. The van der Waals surface area contributed by atoms with Crippen LogP contribution in [0.25, 0.3) is 0 Å². The molecular formula is C13H13IN2O. The van der Waals surface area contributed by atoms with Crippen LogP contribution in [0.2, 0.25) is 0 Å². The number of halogens is 1. The Labute approximate surface area is 114 Å². The Morgan fingerprint density at radius 1 is 1.35 bits per heavy atom. The molecule has 2 aromatic rings. The topological polar surface area (TPSA) is 48.0 Å². The number of rotatable bonds is 3. The van der Waals surface area contributed by atoms with Crippen molar-refractivity contribution < 1.29 is 4.79 Å². The number of amides is 1. The average molecular weight is 340 g/mol.